The van der Waals surface area contributed by atoms with Crippen LogP contribution in [0.5, 0.6) is 5.75 Å². The minimum Gasteiger partial charge on any atom is -0.488 e. The third-order valence-electron chi connectivity index (χ3n) is 3.61. The largest absolute Gasteiger partial charge is 0.488 e. The molecule has 0 aromatic heterocycles. The van der Waals surface area contributed by atoms with E-state index in [1.807, 2.05) is 0 Å². The minimum absolute atomic E-state index is 0.765. The molecule has 2 aromatic carbocycles. The van der Waals surface area contributed by atoms with Gasteiger partial charge >= 0.3 is 0 Å². The Bertz CT molecular complexity index is 523. The number of hydrogen-bond acceptors (Lipinski definition) is 1. The second-order valence-corrected chi connectivity index (χ2v) is 5.98. The molecule has 0 aliphatic carbocycles. The van der Waals surface area contributed by atoms with Gasteiger partial charge in [0.2, 0.25) is 0 Å². The molecular formula is C19H28N2O+2. The maximum absolute atomic E-state index is 5.78. The third-order valence-corrected chi connectivity index (χ3v) is 3.61. The highest BCUT2D eigenvalue weighted by Crippen LogP contribution is 2.15. The highest BCUT2D eigenvalue weighted by Gasteiger charge is 1.99. The van der Waals surface area contributed by atoms with Gasteiger partial charge in [-0.1, -0.05) is 42.5 Å². The third kappa shape index (κ3) is 6.29. The summed E-state index contributed by atoms with van der Waals surface area (Å²) < 4.78 is 5.78. The lowest BCUT2D eigenvalue weighted by Crippen LogP contribution is -3.09. The highest BCUT2D eigenvalue weighted by atomic mass is 16.5. The Hall–Kier alpha value is -1.84. The molecule has 0 amide bonds. The van der Waals surface area contributed by atoms with Gasteiger partial charge < -0.3 is 15.0 Å². The average Bonchev–Trinajstić information content (AvgIpc) is 2.53. The van der Waals surface area contributed by atoms with E-state index in [9.17, 15) is 0 Å². The van der Waals surface area contributed by atoms with Crippen LogP contribution in [0.15, 0.2) is 54.6 Å². The molecule has 0 saturated heterocycles. The Balaban J connectivity index is 1.68. The lowest BCUT2D eigenvalue weighted by atomic mass is 10.1. The Morgan fingerprint density at radius 1 is 0.864 bits per heavy atom. The number of ether oxygens (including phenoxy) is 1. The molecule has 3 nitrogen and oxygen atoms in total. The van der Waals surface area contributed by atoms with Crippen molar-refractivity contribution in [2.75, 3.05) is 40.3 Å². The molecule has 0 radical (unpaired) electrons. The monoisotopic (exact) mass is 300 g/mol. The summed E-state index contributed by atoms with van der Waals surface area (Å²) in [6.45, 7) is 4.12. The summed E-state index contributed by atoms with van der Waals surface area (Å²) in [6, 6.07) is 19.0. The van der Waals surface area contributed by atoms with Crippen LogP contribution >= 0.6 is 0 Å². The lowest BCUT2D eigenvalue weighted by Gasteiger charge is -2.08. The van der Waals surface area contributed by atoms with Gasteiger partial charge in [0.05, 0.1) is 14.1 Å². The van der Waals surface area contributed by atoms with Gasteiger partial charge in [0.25, 0.3) is 0 Å². The van der Waals surface area contributed by atoms with Gasteiger partial charge in [0.15, 0.2) is 0 Å². The van der Waals surface area contributed by atoms with Gasteiger partial charge in [0, 0.05) is 0 Å². The first kappa shape index (κ1) is 16.5. The van der Waals surface area contributed by atoms with Crippen LogP contribution in [0.3, 0.4) is 0 Å². The number of benzene rings is 2. The number of quaternary nitrogens is 2. The molecule has 0 bridgehead atoms. The van der Waals surface area contributed by atoms with Crippen LogP contribution in [0.4, 0.5) is 0 Å². The molecule has 3 N–H and O–H groups in total. The topological polar surface area (TPSA) is 30.3 Å². The van der Waals surface area contributed by atoms with Crippen molar-refractivity contribution in [2.45, 2.75) is 6.42 Å². The Kier molecular flexibility index (Phi) is 6.94. The van der Waals surface area contributed by atoms with E-state index < -0.39 is 0 Å². The van der Waals surface area contributed by atoms with Crippen molar-refractivity contribution in [3.8, 4) is 5.75 Å². The van der Waals surface area contributed by atoms with E-state index in [0.717, 1.165) is 31.9 Å². The fourth-order valence-corrected chi connectivity index (χ4v) is 2.33. The van der Waals surface area contributed by atoms with Crippen molar-refractivity contribution in [1.82, 2.24) is 0 Å². The number of nitrogens with two attached hydrogens (primary N) is 1. The first-order valence-electron chi connectivity index (χ1n) is 8.10. The number of rotatable bonds is 9. The zero-order valence-corrected chi connectivity index (χ0v) is 13.7. The van der Waals surface area contributed by atoms with Gasteiger partial charge in [-0.15, -0.1) is 0 Å². The lowest BCUT2D eigenvalue weighted by molar-refractivity contribution is -0.874. The molecule has 0 heterocycles. The summed E-state index contributed by atoms with van der Waals surface area (Å²) in [7, 11) is 4.36. The van der Waals surface area contributed by atoms with Gasteiger partial charge in [0.1, 0.15) is 32.0 Å². The van der Waals surface area contributed by atoms with Crippen LogP contribution in [-0.2, 0) is 6.42 Å². The zero-order chi connectivity index (χ0) is 15.6. The molecular weight excluding hydrogens is 272 g/mol. The van der Waals surface area contributed by atoms with E-state index in [1.165, 1.54) is 22.6 Å². The average molecular weight is 300 g/mol. The fraction of sp³-hybridized carbons (Fsp3) is 0.368. The van der Waals surface area contributed by atoms with Crippen LogP contribution in [-0.4, -0.2) is 40.3 Å². The predicted octanol–water partition coefficient (Wildman–Crippen LogP) is 0.364. The van der Waals surface area contributed by atoms with Crippen molar-refractivity contribution in [3.63, 3.8) is 0 Å². The molecule has 22 heavy (non-hydrogen) atoms. The molecule has 0 aliphatic rings. The van der Waals surface area contributed by atoms with Crippen LogP contribution in [0.2, 0.25) is 0 Å². The quantitative estimate of drug-likeness (QED) is 0.644. The van der Waals surface area contributed by atoms with Crippen molar-refractivity contribution < 1.29 is 15.0 Å². The molecule has 3 heteroatoms. The summed E-state index contributed by atoms with van der Waals surface area (Å²) in [5, 5.41) is 2.32. The first-order chi connectivity index (χ1) is 10.7. The SMILES string of the molecule is C[NH+](C)CC[NH2+]CCOc1ccc(Cc2ccccc2)cc1. The maximum Gasteiger partial charge on any atom is 0.137 e. The Morgan fingerprint density at radius 2 is 1.55 bits per heavy atom. The number of nitrogens with one attached hydrogen (secondary N) is 1. The van der Waals surface area contributed by atoms with Gasteiger partial charge in [-0.25, -0.2) is 0 Å². The van der Waals surface area contributed by atoms with Crippen LogP contribution in [0.25, 0.3) is 0 Å². The summed E-state index contributed by atoms with van der Waals surface area (Å²) >= 11 is 0. The Labute approximate surface area is 133 Å². The van der Waals surface area contributed by atoms with E-state index in [-0.39, 0.29) is 0 Å². The Morgan fingerprint density at radius 3 is 2.23 bits per heavy atom. The van der Waals surface area contributed by atoms with Gasteiger partial charge in [-0.2, -0.15) is 0 Å². The van der Waals surface area contributed by atoms with Crippen molar-refractivity contribution in [2.24, 2.45) is 0 Å². The fourth-order valence-electron chi connectivity index (χ4n) is 2.33. The number of hydrogen-bond donors (Lipinski definition) is 2. The van der Waals surface area contributed by atoms with E-state index in [1.54, 1.807) is 0 Å². The minimum atomic E-state index is 0.765. The summed E-state index contributed by atoms with van der Waals surface area (Å²) in [5.41, 5.74) is 2.66. The molecule has 0 fully saturated rings. The predicted molar refractivity (Wildman–Crippen MR) is 90.5 cm³/mol. The van der Waals surface area contributed by atoms with Crippen LogP contribution < -0.4 is 15.0 Å². The van der Waals surface area contributed by atoms with Crippen LogP contribution in [0, 0.1) is 0 Å². The van der Waals surface area contributed by atoms with Crippen LogP contribution in [0.1, 0.15) is 11.1 Å². The second-order valence-electron chi connectivity index (χ2n) is 5.98. The van der Waals surface area contributed by atoms with E-state index >= 15 is 0 Å². The van der Waals surface area contributed by atoms with E-state index in [4.69, 9.17) is 4.74 Å². The standard InChI is InChI=1S/C19H26N2O/c1-21(2)14-12-20-13-15-22-19-10-8-18(9-11-19)16-17-6-4-3-5-7-17/h3-11,20H,12-16H2,1-2H3/p+2. The van der Waals surface area contributed by atoms with Gasteiger partial charge in [-0.05, 0) is 29.7 Å². The molecule has 0 spiro atoms. The molecule has 118 valence electrons. The molecule has 0 aliphatic heterocycles. The van der Waals surface area contributed by atoms with Crippen molar-refractivity contribution in [1.29, 1.82) is 0 Å². The summed E-state index contributed by atoms with van der Waals surface area (Å²) in [6.07, 6.45) is 0.974. The highest BCUT2D eigenvalue weighted by molar-refractivity contribution is 5.31. The maximum atomic E-state index is 5.78. The van der Waals surface area contributed by atoms with Crippen molar-refractivity contribution in [3.05, 3.63) is 65.7 Å². The number of likely N-dealkylation sites (N-methyl/N-ethyl adjacent to an activating group) is 1. The van der Waals surface area contributed by atoms with Gasteiger partial charge in [-0.3, -0.25) is 0 Å². The molecule has 0 unspecified atom stereocenters. The molecule has 2 aromatic rings. The molecule has 2 rings (SSSR count). The second kappa shape index (κ2) is 9.23. The normalized spacial score (nSPS) is 10.9. The summed E-state index contributed by atoms with van der Waals surface area (Å²) in [4.78, 5) is 1.49. The zero-order valence-electron chi connectivity index (χ0n) is 13.7. The van der Waals surface area contributed by atoms with E-state index in [0.29, 0.717) is 0 Å². The summed E-state index contributed by atoms with van der Waals surface area (Å²) in [5.74, 6) is 0.962. The first-order valence-corrected chi connectivity index (χ1v) is 8.10. The molecule has 0 saturated carbocycles. The van der Waals surface area contributed by atoms with E-state index in [2.05, 4.69) is 74.0 Å². The molecule has 0 atom stereocenters. The smallest absolute Gasteiger partial charge is 0.137 e. The van der Waals surface area contributed by atoms with Crippen molar-refractivity contribution >= 4 is 0 Å².